The second-order valence-corrected chi connectivity index (χ2v) is 10.6. The Kier molecular flexibility index (Phi) is 9.92. The van der Waals surface area contributed by atoms with Gasteiger partial charge in [-0.25, -0.2) is 4.98 Å². The Morgan fingerprint density at radius 2 is 1.41 bits per heavy atom. The van der Waals surface area contributed by atoms with E-state index in [4.69, 9.17) is 37.7 Å². The molecular formula is C31H33Cl2N5O3. The number of halogens is 2. The lowest BCUT2D eigenvalue weighted by atomic mass is 10.1. The number of benzene rings is 3. The summed E-state index contributed by atoms with van der Waals surface area (Å²) in [6.07, 6.45) is 1.78. The highest BCUT2D eigenvalue weighted by Crippen LogP contribution is 2.33. The lowest BCUT2D eigenvalue weighted by Crippen LogP contribution is -2.28. The Morgan fingerprint density at radius 1 is 0.732 bits per heavy atom. The van der Waals surface area contributed by atoms with E-state index in [1.165, 1.54) is 0 Å². The van der Waals surface area contributed by atoms with Crippen molar-refractivity contribution in [2.24, 2.45) is 0 Å². The van der Waals surface area contributed by atoms with Gasteiger partial charge in [-0.1, -0.05) is 23.2 Å². The maximum Gasteiger partial charge on any atom is 0.116 e. The van der Waals surface area contributed by atoms with E-state index in [1.54, 1.807) is 18.3 Å². The normalized spacial score (nSPS) is 11.6. The fourth-order valence-corrected chi connectivity index (χ4v) is 4.97. The molecule has 0 bridgehead atoms. The van der Waals surface area contributed by atoms with Gasteiger partial charge in [0.15, 0.2) is 0 Å². The molecular weight excluding hydrogens is 561 g/mol. The number of aromatic nitrogens is 2. The van der Waals surface area contributed by atoms with Crippen LogP contribution in [-0.2, 0) is 9.47 Å². The Hall–Kier alpha value is -3.40. The molecule has 41 heavy (non-hydrogen) atoms. The number of likely N-dealkylation sites (N-methyl/N-ethyl adjacent to an activating group) is 1. The smallest absolute Gasteiger partial charge is 0.116 e. The summed E-state index contributed by atoms with van der Waals surface area (Å²) in [4.78, 5) is 11.3. The third-order valence-electron chi connectivity index (χ3n) is 6.77. The molecule has 0 aliphatic heterocycles. The average molecular weight is 595 g/mol. The summed E-state index contributed by atoms with van der Waals surface area (Å²) in [5, 5.41) is 21.1. The SMILES string of the molecule is CN(CCOCCNc1ccnc2cc(Cl)ccc12)CCOCCNc1c2ccc(Cl)cc2nc2ccc(O)cc12. The van der Waals surface area contributed by atoms with Crippen LogP contribution in [0.3, 0.4) is 0 Å². The van der Waals surface area contributed by atoms with Crippen LogP contribution in [0.4, 0.5) is 11.4 Å². The summed E-state index contributed by atoms with van der Waals surface area (Å²) in [7, 11) is 2.06. The van der Waals surface area contributed by atoms with E-state index in [0.717, 1.165) is 57.2 Å². The molecule has 2 heterocycles. The van der Waals surface area contributed by atoms with Crippen molar-refractivity contribution in [1.82, 2.24) is 14.9 Å². The number of anilines is 2. The minimum atomic E-state index is 0.198. The first-order chi connectivity index (χ1) is 20.0. The van der Waals surface area contributed by atoms with Crippen molar-refractivity contribution >= 4 is 67.3 Å². The van der Waals surface area contributed by atoms with Gasteiger partial charge >= 0.3 is 0 Å². The highest BCUT2D eigenvalue weighted by Gasteiger charge is 2.10. The predicted octanol–water partition coefficient (Wildman–Crippen LogP) is 6.44. The minimum Gasteiger partial charge on any atom is -0.508 e. The molecule has 3 N–H and O–H groups in total. The van der Waals surface area contributed by atoms with E-state index in [9.17, 15) is 5.11 Å². The van der Waals surface area contributed by atoms with Gasteiger partial charge in [0.05, 0.1) is 48.7 Å². The van der Waals surface area contributed by atoms with E-state index in [-0.39, 0.29) is 5.75 Å². The zero-order valence-corrected chi connectivity index (χ0v) is 24.4. The van der Waals surface area contributed by atoms with Gasteiger partial charge in [0.1, 0.15) is 5.75 Å². The van der Waals surface area contributed by atoms with Crippen LogP contribution >= 0.6 is 23.2 Å². The largest absolute Gasteiger partial charge is 0.508 e. The molecule has 0 aliphatic rings. The van der Waals surface area contributed by atoms with Gasteiger partial charge in [-0.05, 0) is 67.7 Å². The van der Waals surface area contributed by atoms with E-state index >= 15 is 0 Å². The lowest BCUT2D eigenvalue weighted by Gasteiger charge is -2.17. The molecule has 2 aromatic heterocycles. The van der Waals surface area contributed by atoms with Crippen LogP contribution in [0.25, 0.3) is 32.7 Å². The van der Waals surface area contributed by atoms with Gasteiger partial charge in [-0.3, -0.25) is 4.98 Å². The van der Waals surface area contributed by atoms with Gasteiger partial charge in [0.25, 0.3) is 0 Å². The maximum atomic E-state index is 10.0. The molecule has 5 rings (SSSR count). The number of hydrogen-bond acceptors (Lipinski definition) is 8. The molecule has 0 atom stereocenters. The van der Waals surface area contributed by atoms with E-state index in [1.807, 2.05) is 48.5 Å². The lowest BCUT2D eigenvalue weighted by molar-refractivity contribution is 0.0911. The van der Waals surface area contributed by atoms with Crippen molar-refractivity contribution in [2.45, 2.75) is 0 Å². The summed E-state index contributed by atoms with van der Waals surface area (Å²) in [6.45, 7) is 5.36. The number of hydrogen-bond donors (Lipinski definition) is 3. The highest BCUT2D eigenvalue weighted by atomic mass is 35.5. The quantitative estimate of drug-likeness (QED) is 0.100. The molecule has 214 valence electrons. The first-order valence-corrected chi connectivity index (χ1v) is 14.3. The van der Waals surface area contributed by atoms with E-state index in [0.29, 0.717) is 49.6 Å². The number of rotatable bonds is 14. The van der Waals surface area contributed by atoms with Gasteiger partial charge < -0.3 is 30.1 Å². The van der Waals surface area contributed by atoms with Crippen molar-refractivity contribution in [2.75, 3.05) is 70.3 Å². The Morgan fingerprint density at radius 3 is 2.17 bits per heavy atom. The van der Waals surface area contributed by atoms with Crippen molar-refractivity contribution < 1.29 is 14.6 Å². The van der Waals surface area contributed by atoms with Crippen molar-refractivity contribution in [3.05, 3.63) is 76.9 Å². The minimum absolute atomic E-state index is 0.198. The van der Waals surface area contributed by atoms with Crippen molar-refractivity contribution in [1.29, 1.82) is 0 Å². The number of nitrogens with one attached hydrogen (secondary N) is 2. The fraction of sp³-hybridized carbons (Fsp3) is 0.290. The number of aromatic hydroxyl groups is 1. The van der Waals surface area contributed by atoms with Crippen LogP contribution in [0.15, 0.2) is 66.9 Å². The number of nitrogens with zero attached hydrogens (tertiary/aromatic N) is 3. The Balaban J connectivity index is 0.990. The Labute approximate surface area is 249 Å². The number of fused-ring (bicyclic) bond motifs is 3. The molecule has 0 spiro atoms. The van der Waals surface area contributed by atoms with Crippen molar-refractivity contribution in [3.63, 3.8) is 0 Å². The molecule has 0 fully saturated rings. The van der Waals surface area contributed by atoms with Gasteiger partial charge in [-0.2, -0.15) is 0 Å². The van der Waals surface area contributed by atoms with E-state index in [2.05, 4.69) is 27.6 Å². The van der Waals surface area contributed by atoms with Gasteiger partial charge in [0, 0.05) is 64.3 Å². The molecule has 0 radical (unpaired) electrons. The van der Waals surface area contributed by atoms with Crippen LogP contribution in [0.2, 0.25) is 10.0 Å². The van der Waals surface area contributed by atoms with Gasteiger partial charge in [-0.15, -0.1) is 0 Å². The zero-order chi connectivity index (χ0) is 28.6. The number of phenolic OH excluding ortho intramolecular Hbond substituents is 1. The van der Waals surface area contributed by atoms with Crippen molar-refractivity contribution in [3.8, 4) is 5.75 Å². The van der Waals surface area contributed by atoms with Gasteiger partial charge in [0.2, 0.25) is 0 Å². The molecule has 0 unspecified atom stereocenters. The van der Waals surface area contributed by atoms with Crippen LogP contribution in [0, 0.1) is 0 Å². The summed E-state index contributed by atoms with van der Waals surface area (Å²) >= 11 is 12.3. The molecule has 0 aliphatic carbocycles. The van der Waals surface area contributed by atoms with Crippen LogP contribution in [0.1, 0.15) is 0 Å². The number of ether oxygens (including phenoxy) is 2. The Bertz CT molecular complexity index is 1630. The number of pyridine rings is 2. The molecule has 5 aromatic rings. The third kappa shape index (κ3) is 7.67. The fourth-order valence-electron chi connectivity index (χ4n) is 4.63. The standard InChI is InChI=1S/C31H33Cl2N5O3/c1-38(12-16-40-14-10-35-27-8-9-34-29-18-21(32)2-5-24(27)29)13-17-41-15-11-36-31-25-6-3-22(33)19-30(25)37-28-7-4-23(39)20-26(28)31/h2-9,18-20,39H,10-17H2,1H3,(H,34,35)(H,36,37). The first kappa shape index (κ1) is 29.1. The molecule has 8 nitrogen and oxygen atoms in total. The zero-order valence-electron chi connectivity index (χ0n) is 22.9. The molecule has 3 aromatic carbocycles. The summed E-state index contributed by atoms with van der Waals surface area (Å²) in [6, 6.07) is 18.5. The summed E-state index contributed by atoms with van der Waals surface area (Å²) in [5.41, 5.74) is 4.39. The second-order valence-electron chi connectivity index (χ2n) is 9.75. The monoisotopic (exact) mass is 593 g/mol. The summed E-state index contributed by atoms with van der Waals surface area (Å²) in [5.74, 6) is 0.198. The molecule has 0 amide bonds. The topological polar surface area (TPSA) is 91.8 Å². The summed E-state index contributed by atoms with van der Waals surface area (Å²) < 4.78 is 11.7. The highest BCUT2D eigenvalue weighted by molar-refractivity contribution is 6.31. The third-order valence-corrected chi connectivity index (χ3v) is 7.24. The second kappa shape index (κ2) is 14.0. The van der Waals surface area contributed by atoms with Crippen LogP contribution in [-0.4, -0.2) is 79.6 Å². The molecule has 0 saturated carbocycles. The average Bonchev–Trinajstić information content (AvgIpc) is 2.96. The maximum absolute atomic E-state index is 10.0. The van der Waals surface area contributed by atoms with Crippen LogP contribution < -0.4 is 10.6 Å². The molecule has 0 saturated heterocycles. The molecule has 10 heteroatoms. The first-order valence-electron chi connectivity index (χ1n) is 13.6. The van der Waals surface area contributed by atoms with E-state index < -0.39 is 0 Å². The number of phenols is 1. The predicted molar refractivity (Wildman–Crippen MR) is 169 cm³/mol. The van der Waals surface area contributed by atoms with Crippen LogP contribution in [0.5, 0.6) is 5.75 Å².